The summed E-state index contributed by atoms with van der Waals surface area (Å²) in [5.74, 6) is -6.23. The SMILES string of the molecule is NC(CC(=O)O)C(=O)NC(Cc1c[nH]c2ccccc12)C(=O)NC(CCC(=O)O)C(=O)N1CCCC1C(=O)O. The average Bonchev–Trinajstić information content (AvgIpc) is 3.53. The highest BCUT2D eigenvalue weighted by Gasteiger charge is 2.38. The lowest BCUT2D eigenvalue weighted by Gasteiger charge is -2.28. The van der Waals surface area contributed by atoms with Crippen molar-refractivity contribution >= 4 is 46.5 Å². The van der Waals surface area contributed by atoms with E-state index >= 15 is 0 Å². The van der Waals surface area contributed by atoms with Gasteiger partial charge in [-0.25, -0.2) is 4.79 Å². The molecule has 0 saturated carbocycles. The van der Waals surface area contributed by atoms with E-state index < -0.39 is 72.6 Å². The van der Waals surface area contributed by atoms with Gasteiger partial charge in [-0.15, -0.1) is 0 Å². The van der Waals surface area contributed by atoms with Crippen molar-refractivity contribution in [1.29, 1.82) is 0 Å². The number of hydrogen-bond acceptors (Lipinski definition) is 7. The molecule has 14 heteroatoms. The minimum atomic E-state index is -1.45. The molecule has 0 aliphatic carbocycles. The molecule has 1 aliphatic heterocycles. The van der Waals surface area contributed by atoms with Crippen LogP contribution < -0.4 is 16.4 Å². The molecule has 8 N–H and O–H groups in total. The summed E-state index contributed by atoms with van der Waals surface area (Å²) in [4.78, 5) is 77.3. The summed E-state index contributed by atoms with van der Waals surface area (Å²) in [5, 5.41) is 33.3. The van der Waals surface area contributed by atoms with Crippen molar-refractivity contribution in [1.82, 2.24) is 20.5 Å². The number of carbonyl (C=O) groups excluding carboxylic acids is 3. The zero-order valence-corrected chi connectivity index (χ0v) is 21.0. The van der Waals surface area contributed by atoms with Crippen LogP contribution in [0.4, 0.5) is 0 Å². The normalized spacial score (nSPS) is 17.3. The second-order valence-electron chi connectivity index (χ2n) is 9.35. The lowest BCUT2D eigenvalue weighted by atomic mass is 10.0. The first-order chi connectivity index (χ1) is 18.5. The zero-order valence-electron chi connectivity index (χ0n) is 21.0. The van der Waals surface area contributed by atoms with E-state index in [0.29, 0.717) is 12.0 Å². The average molecular weight is 546 g/mol. The van der Waals surface area contributed by atoms with Crippen molar-refractivity contribution in [2.45, 2.75) is 62.7 Å². The van der Waals surface area contributed by atoms with Gasteiger partial charge in [0, 0.05) is 36.5 Å². The fraction of sp³-hybridized carbons (Fsp3) is 0.440. The number of amides is 3. The molecular formula is C25H31N5O9. The van der Waals surface area contributed by atoms with E-state index in [1.807, 2.05) is 6.07 Å². The van der Waals surface area contributed by atoms with Crippen LogP contribution >= 0.6 is 0 Å². The number of carbonyl (C=O) groups is 6. The summed E-state index contributed by atoms with van der Waals surface area (Å²) in [6, 6.07) is 1.96. The molecule has 14 nitrogen and oxygen atoms in total. The van der Waals surface area contributed by atoms with E-state index in [9.17, 15) is 33.9 Å². The van der Waals surface area contributed by atoms with Crippen LogP contribution in [0.25, 0.3) is 10.9 Å². The van der Waals surface area contributed by atoms with Gasteiger partial charge in [0.25, 0.3) is 0 Å². The van der Waals surface area contributed by atoms with Gasteiger partial charge in [0.1, 0.15) is 18.1 Å². The predicted octanol–water partition coefficient (Wildman–Crippen LogP) is -0.578. The van der Waals surface area contributed by atoms with Crippen molar-refractivity contribution in [3.05, 3.63) is 36.0 Å². The van der Waals surface area contributed by atoms with Crippen LogP contribution in [0.2, 0.25) is 0 Å². The highest BCUT2D eigenvalue weighted by Crippen LogP contribution is 2.21. The summed E-state index contributed by atoms with van der Waals surface area (Å²) in [5.41, 5.74) is 7.08. The fourth-order valence-electron chi connectivity index (χ4n) is 4.57. The molecule has 3 rings (SSSR count). The van der Waals surface area contributed by atoms with Gasteiger partial charge in [0.15, 0.2) is 0 Å². The minimum absolute atomic E-state index is 0.0668. The molecule has 2 heterocycles. The highest BCUT2D eigenvalue weighted by molar-refractivity contribution is 5.95. The molecule has 0 radical (unpaired) electrons. The molecule has 0 bridgehead atoms. The van der Waals surface area contributed by atoms with Crippen molar-refractivity contribution in [3.8, 4) is 0 Å². The number of nitrogens with one attached hydrogen (secondary N) is 3. The quantitative estimate of drug-likeness (QED) is 0.169. The van der Waals surface area contributed by atoms with Crippen LogP contribution in [0.3, 0.4) is 0 Å². The number of rotatable bonds is 13. The number of carboxylic acids is 3. The van der Waals surface area contributed by atoms with E-state index in [-0.39, 0.29) is 25.8 Å². The molecule has 1 saturated heterocycles. The number of hydrogen-bond donors (Lipinski definition) is 7. The molecule has 0 spiro atoms. The molecule has 3 amide bonds. The Kier molecular flexibility index (Phi) is 9.60. The van der Waals surface area contributed by atoms with Crippen molar-refractivity contribution < 1.29 is 44.1 Å². The third-order valence-electron chi connectivity index (χ3n) is 6.55. The second kappa shape index (κ2) is 12.9. The third-order valence-corrected chi connectivity index (χ3v) is 6.55. The van der Waals surface area contributed by atoms with Crippen molar-refractivity contribution in [2.24, 2.45) is 5.73 Å². The second-order valence-corrected chi connectivity index (χ2v) is 9.35. The maximum atomic E-state index is 13.4. The Bertz CT molecular complexity index is 1260. The van der Waals surface area contributed by atoms with Crippen molar-refractivity contribution in [3.63, 3.8) is 0 Å². The summed E-state index contributed by atoms with van der Waals surface area (Å²) in [7, 11) is 0. The molecule has 1 fully saturated rings. The molecule has 2 aromatic rings. The van der Waals surface area contributed by atoms with Crippen LogP contribution in [0.5, 0.6) is 0 Å². The van der Waals surface area contributed by atoms with Crippen LogP contribution in [0.1, 0.15) is 37.7 Å². The van der Waals surface area contributed by atoms with Gasteiger partial charge in [-0.1, -0.05) is 18.2 Å². The summed E-state index contributed by atoms with van der Waals surface area (Å²) in [6.45, 7) is 0.134. The van der Waals surface area contributed by atoms with Crippen LogP contribution in [0.15, 0.2) is 30.5 Å². The number of aromatic amines is 1. The van der Waals surface area contributed by atoms with E-state index in [1.165, 1.54) is 0 Å². The van der Waals surface area contributed by atoms with Crippen LogP contribution in [-0.4, -0.2) is 91.5 Å². The number of aromatic nitrogens is 1. The predicted molar refractivity (Wildman–Crippen MR) is 135 cm³/mol. The standard InChI is InChI=1S/C25H31N5O9/c26-15(11-21(33)34)22(35)29-18(10-13-12-27-16-5-2-1-4-14(13)16)23(36)28-17(7-8-20(31)32)24(37)30-9-3-6-19(30)25(38)39/h1-2,4-5,12,15,17-19,27H,3,6-11,26H2,(H,28,36)(H,29,35)(H,31,32)(H,33,34)(H,38,39). The van der Waals surface area contributed by atoms with E-state index in [4.69, 9.17) is 15.9 Å². The zero-order chi connectivity index (χ0) is 28.7. The fourth-order valence-corrected chi connectivity index (χ4v) is 4.57. The van der Waals surface area contributed by atoms with E-state index in [1.54, 1.807) is 24.4 Å². The van der Waals surface area contributed by atoms with Gasteiger partial charge in [-0.05, 0) is 30.9 Å². The molecule has 39 heavy (non-hydrogen) atoms. The Labute approximate surface area is 222 Å². The van der Waals surface area contributed by atoms with Crippen LogP contribution in [0, 0.1) is 0 Å². The molecule has 4 unspecified atom stereocenters. The summed E-state index contributed by atoms with van der Waals surface area (Å²) >= 11 is 0. The Balaban J connectivity index is 1.86. The molecule has 1 aromatic carbocycles. The maximum absolute atomic E-state index is 13.4. The Morgan fingerprint density at radius 3 is 2.36 bits per heavy atom. The minimum Gasteiger partial charge on any atom is -0.481 e. The van der Waals surface area contributed by atoms with Gasteiger partial charge < -0.3 is 41.6 Å². The monoisotopic (exact) mass is 545 g/mol. The Hall–Kier alpha value is -4.46. The number of nitrogens with two attached hydrogens (primary N) is 1. The van der Waals surface area contributed by atoms with Gasteiger partial charge in [-0.2, -0.15) is 0 Å². The number of nitrogens with zero attached hydrogens (tertiary/aromatic N) is 1. The number of H-pyrrole nitrogens is 1. The topological polar surface area (TPSA) is 232 Å². The molecule has 4 atom stereocenters. The summed E-state index contributed by atoms with van der Waals surface area (Å²) in [6.07, 6.45) is 0.759. The van der Waals surface area contributed by atoms with Gasteiger partial charge >= 0.3 is 17.9 Å². The molecule has 1 aliphatic rings. The first kappa shape index (κ1) is 29.1. The number of fused-ring (bicyclic) bond motifs is 1. The van der Waals surface area contributed by atoms with Gasteiger partial charge in [-0.3, -0.25) is 24.0 Å². The largest absolute Gasteiger partial charge is 0.481 e. The smallest absolute Gasteiger partial charge is 0.326 e. The van der Waals surface area contributed by atoms with Gasteiger partial charge in [0.05, 0.1) is 12.5 Å². The first-order valence-electron chi connectivity index (χ1n) is 12.4. The lowest BCUT2D eigenvalue weighted by Crippen LogP contribution is -2.57. The van der Waals surface area contributed by atoms with Gasteiger partial charge in [0.2, 0.25) is 17.7 Å². The maximum Gasteiger partial charge on any atom is 0.326 e. The Morgan fingerprint density at radius 2 is 1.69 bits per heavy atom. The van der Waals surface area contributed by atoms with E-state index in [2.05, 4.69) is 15.6 Å². The lowest BCUT2D eigenvalue weighted by molar-refractivity contribution is -0.150. The Morgan fingerprint density at radius 1 is 1.00 bits per heavy atom. The highest BCUT2D eigenvalue weighted by atomic mass is 16.4. The number of likely N-dealkylation sites (tertiary alicyclic amines) is 1. The summed E-state index contributed by atoms with van der Waals surface area (Å²) < 4.78 is 0. The molecule has 210 valence electrons. The molecular weight excluding hydrogens is 514 g/mol. The number of benzene rings is 1. The van der Waals surface area contributed by atoms with E-state index in [0.717, 1.165) is 15.8 Å². The van der Waals surface area contributed by atoms with Crippen molar-refractivity contribution in [2.75, 3.05) is 6.54 Å². The third kappa shape index (κ3) is 7.54. The number of aliphatic carboxylic acids is 3. The molecule has 1 aromatic heterocycles. The number of para-hydroxylation sites is 1. The first-order valence-corrected chi connectivity index (χ1v) is 12.4. The van der Waals surface area contributed by atoms with Crippen LogP contribution in [-0.2, 0) is 35.2 Å². The number of carboxylic acid groups (broad SMARTS) is 3.